The van der Waals surface area contributed by atoms with Gasteiger partial charge in [-0.1, -0.05) is 13.8 Å². The number of amides is 1. The molecule has 3 aromatic heterocycles. The number of carbonyl (C=O) groups is 1. The first-order valence-corrected chi connectivity index (χ1v) is 7.69. The molecule has 0 aliphatic heterocycles. The summed E-state index contributed by atoms with van der Waals surface area (Å²) >= 11 is 1.51. The number of carbonyl (C=O) groups excluding carboxylic acids is 1. The van der Waals surface area contributed by atoms with Crippen molar-refractivity contribution in [2.75, 3.05) is 6.54 Å². The molecule has 0 spiro atoms. The molecule has 108 valence electrons. The maximum atomic E-state index is 12.4. The molecule has 0 saturated carbocycles. The molecule has 21 heavy (non-hydrogen) atoms. The van der Waals surface area contributed by atoms with Crippen LogP contribution in [0.25, 0.3) is 16.2 Å². The minimum Gasteiger partial charge on any atom is -0.350 e. The monoisotopic (exact) mass is 300 g/mol. The molecule has 0 radical (unpaired) electrons. The third-order valence-corrected chi connectivity index (χ3v) is 3.84. The summed E-state index contributed by atoms with van der Waals surface area (Å²) in [7, 11) is 0. The molecule has 0 aliphatic rings. The second-order valence-corrected chi connectivity index (χ2v) is 6.08. The van der Waals surface area contributed by atoms with Gasteiger partial charge in [-0.25, -0.2) is 4.98 Å². The van der Waals surface area contributed by atoms with Gasteiger partial charge in [-0.3, -0.25) is 14.2 Å². The Hall–Kier alpha value is -2.21. The van der Waals surface area contributed by atoms with Crippen molar-refractivity contribution in [1.29, 1.82) is 0 Å². The fourth-order valence-electron chi connectivity index (χ4n) is 2.10. The molecule has 0 bridgehead atoms. The van der Waals surface area contributed by atoms with E-state index in [-0.39, 0.29) is 5.91 Å². The summed E-state index contributed by atoms with van der Waals surface area (Å²) in [5, 5.41) is 4.89. The van der Waals surface area contributed by atoms with E-state index in [9.17, 15) is 4.79 Å². The van der Waals surface area contributed by atoms with Crippen molar-refractivity contribution in [2.24, 2.45) is 5.92 Å². The highest BCUT2D eigenvalue weighted by Gasteiger charge is 2.21. The van der Waals surface area contributed by atoms with Gasteiger partial charge in [0.05, 0.1) is 5.69 Å². The highest BCUT2D eigenvalue weighted by Crippen LogP contribution is 2.26. The number of hydrogen-bond acceptors (Lipinski definition) is 4. The quantitative estimate of drug-likeness (QED) is 0.806. The van der Waals surface area contributed by atoms with Gasteiger partial charge >= 0.3 is 0 Å². The van der Waals surface area contributed by atoms with Gasteiger partial charge < -0.3 is 5.32 Å². The lowest BCUT2D eigenvalue weighted by Crippen LogP contribution is -2.28. The van der Waals surface area contributed by atoms with Gasteiger partial charge in [0.2, 0.25) is 0 Å². The lowest BCUT2D eigenvalue weighted by molar-refractivity contribution is 0.0945. The first-order valence-electron chi connectivity index (χ1n) is 6.81. The molecule has 5 nitrogen and oxygen atoms in total. The average molecular weight is 300 g/mol. The highest BCUT2D eigenvalue weighted by atomic mass is 32.1. The average Bonchev–Trinajstić information content (AvgIpc) is 3.05. The van der Waals surface area contributed by atoms with Gasteiger partial charge in [-0.2, -0.15) is 0 Å². The molecule has 0 fully saturated rings. The molecule has 3 rings (SSSR count). The van der Waals surface area contributed by atoms with Crippen LogP contribution in [0.3, 0.4) is 0 Å². The summed E-state index contributed by atoms with van der Waals surface area (Å²) in [4.78, 5) is 21.8. The van der Waals surface area contributed by atoms with E-state index in [1.807, 2.05) is 28.1 Å². The summed E-state index contributed by atoms with van der Waals surface area (Å²) in [6, 6.07) is 3.80. The first-order chi connectivity index (χ1) is 10.2. The first kappa shape index (κ1) is 13.8. The second-order valence-electron chi connectivity index (χ2n) is 5.21. The van der Waals surface area contributed by atoms with E-state index in [1.165, 1.54) is 11.3 Å². The predicted octanol–water partition coefficient (Wildman–Crippen LogP) is 2.84. The molecule has 0 aliphatic carbocycles. The van der Waals surface area contributed by atoms with Crippen molar-refractivity contribution >= 4 is 22.2 Å². The number of rotatable bonds is 4. The Morgan fingerprint density at radius 1 is 1.48 bits per heavy atom. The van der Waals surface area contributed by atoms with Gasteiger partial charge in [0.1, 0.15) is 0 Å². The molecule has 3 aromatic rings. The molecular weight excluding hydrogens is 284 g/mol. The fourth-order valence-corrected chi connectivity index (χ4v) is 2.82. The van der Waals surface area contributed by atoms with Gasteiger partial charge in [-0.05, 0) is 18.1 Å². The van der Waals surface area contributed by atoms with E-state index in [2.05, 4.69) is 29.1 Å². The Balaban J connectivity index is 2.06. The molecule has 1 N–H and O–H groups in total. The van der Waals surface area contributed by atoms with E-state index >= 15 is 0 Å². The number of pyridine rings is 1. The molecule has 0 saturated heterocycles. The molecule has 6 heteroatoms. The van der Waals surface area contributed by atoms with Crippen LogP contribution in [-0.2, 0) is 0 Å². The van der Waals surface area contributed by atoms with E-state index in [0.717, 1.165) is 16.2 Å². The van der Waals surface area contributed by atoms with Crippen LogP contribution in [0.15, 0.2) is 36.1 Å². The van der Waals surface area contributed by atoms with Gasteiger partial charge in [0.25, 0.3) is 5.91 Å². The van der Waals surface area contributed by atoms with Crippen LogP contribution >= 0.6 is 11.3 Å². The lowest BCUT2D eigenvalue weighted by atomic mass is 10.1. The van der Waals surface area contributed by atoms with Crippen LogP contribution in [0.1, 0.15) is 24.3 Å². The van der Waals surface area contributed by atoms with Gasteiger partial charge in [0, 0.05) is 36.1 Å². The Bertz CT molecular complexity index is 760. The molecule has 0 aromatic carbocycles. The number of aromatic nitrogens is 3. The van der Waals surface area contributed by atoms with Gasteiger partial charge in [-0.15, -0.1) is 11.3 Å². The van der Waals surface area contributed by atoms with Crippen LogP contribution in [0.5, 0.6) is 0 Å². The number of nitrogens with one attached hydrogen (secondary N) is 1. The minimum absolute atomic E-state index is 0.140. The Morgan fingerprint density at radius 3 is 3.05 bits per heavy atom. The fraction of sp³-hybridized carbons (Fsp3) is 0.267. The standard InChI is InChI=1S/C15H16N4OS/c1-10(2)8-17-14(20)12-13(11-4-3-5-16-9-11)19-6-7-21-15(19)18-12/h3-7,9-10H,8H2,1-2H3,(H,17,20). The van der Waals surface area contributed by atoms with Crippen molar-refractivity contribution in [2.45, 2.75) is 13.8 Å². The number of thiazole rings is 1. The van der Waals surface area contributed by atoms with Crippen molar-refractivity contribution in [3.63, 3.8) is 0 Å². The Labute approximate surface area is 126 Å². The maximum Gasteiger partial charge on any atom is 0.272 e. The smallest absolute Gasteiger partial charge is 0.272 e. The number of fused-ring (bicyclic) bond motifs is 1. The topological polar surface area (TPSA) is 59.3 Å². The number of hydrogen-bond donors (Lipinski definition) is 1. The van der Waals surface area contributed by atoms with Crippen LogP contribution in [0.2, 0.25) is 0 Å². The van der Waals surface area contributed by atoms with Crippen LogP contribution in [0, 0.1) is 5.92 Å². The van der Waals surface area contributed by atoms with Crippen LogP contribution in [0.4, 0.5) is 0 Å². The zero-order chi connectivity index (χ0) is 14.8. The largest absolute Gasteiger partial charge is 0.350 e. The zero-order valence-electron chi connectivity index (χ0n) is 11.9. The molecule has 0 unspecified atom stereocenters. The second kappa shape index (κ2) is 5.65. The van der Waals surface area contributed by atoms with Crippen LogP contribution < -0.4 is 5.32 Å². The van der Waals surface area contributed by atoms with E-state index in [4.69, 9.17) is 0 Å². The predicted molar refractivity (Wildman–Crippen MR) is 83.5 cm³/mol. The molecular formula is C15H16N4OS. The summed E-state index contributed by atoms with van der Waals surface area (Å²) in [6.07, 6.45) is 5.39. The summed E-state index contributed by atoms with van der Waals surface area (Å²) in [6.45, 7) is 4.76. The van der Waals surface area contributed by atoms with Crippen molar-refractivity contribution in [3.05, 3.63) is 41.8 Å². The Kier molecular flexibility index (Phi) is 3.70. The Morgan fingerprint density at radius 2 is 2.33 bits per heavy atom. The zero-order valence-corrected chi connectivity index (χ0v) is 12.7. The summed E-state index contributed by atoms with van der Waals surface area (Å²) in [5.41, 5.74) is 2.13. The van der Waals surface area contributed by atoms with E-state index in [0.29, 0.717) is 18.2 Å². The van der Waals surface area contributed by atoms with Crippen molar-refractivity contribution < 1.29 is 4.79 Å². The molecule has 3 heterocycles. The van der Waals surface area contributed by atoms with Crippen molar-refractivity contribution in [1.82, 2.24) is 19.7 Å². The van der Waals surface area contributed by atoms with E-state index in [1.54, 1.807) is 12.4 Å². The highest BCUT2D eigenvalue weighted by molar-refractivity contribution is 7.15. The minimum atomic E-state index is -0.140. The summed E-state index contributed by atoms with van der Waals surface area (Å²) in [5.74, 6) is 0.262. The van der Waals surface area contributed by atoms with Gasteiger partial charge in [0.15, 0.2) is 10.7 Å². The molecule has 0 atom stereocenters. The van der Waals surface area contributed by atoms with Crippen molar-refractivity contribution in [3.8, 4) is 11.3 Å². The summed E-state index contributed by atoms with van der Waals surface area (Å²) < 4.78 is 1.94. The lowest BCUT2D eigenvalue weighted by Gasteiger charge is -2.07. The SMILES string of the molecule is CC(C)CNC(=O)c1nc2sccn2c1-c1cccnc1. The third kappa shape index (κ3) is 2.67. The normalized spacial score (nSPS) is 11.2. The number of imidazole rings is 1. The van der Waals surface area contributed by atoms with E-state index < -0.39 is 0 Å². The number of nitrogens with zero attached hydrogens (tertiary/aromatic N) is 3. The maximum absolute atomic E-state index is 12.4. The molecule has 1 amide bonds. The van der Waals surface area contributed by atoms with Crippen LogP contribution in [-0.4, -0.2) is 26.8 Å². The third-order valence-electron chi connectivity index (χ3n) is 3.08.